The summed E-state index contributed by atoms with van der Waals surface area (Å²) in [5.41, 5.74) is 12.9. The van der Waals surface area contributed by atoms with Crippen LogP contribution in [-0.2, 0) is 9.53 Å². The average Bonchev–Trinajstić information content (AvgIpc) is 2.77. The third-order valence-electron chi connectivity index (χ3n) is 5.92. The van der Waals surface area contributed by atoms with E-state index in [4.69, 9.17) is 15.5 Å². The Bertz CT molecular complexity index is 1020. The summed E-state index contributed by atoms with van der Waals surface area (Å²) in [7, 11) is 0. The van der Waals surface area contributed by atoms with E-state index in [1.54, 1.807) is 0 Å². The van der Waals surface area contributed by atoms with Gasteiger partial charge in [-0.3, -0.25) is 9.79 Å². The lowest BCUT2D eigenvalue weighted by Crippen LogP contribution is -2.26. The van der Waals surface area contributed by atoms with E-state index in [1.165, 1.54) is 5.57 Å². The van der Waals surface area contributed by atoms with Crippen molar-refractivity contribution < 1.29 is 9.53 Å². The maximum Gasteiger partial charge on any atom is 0.307 e. The highest BCUT2D eigenvalue weighted by atomic mass is 16.5. The molecule has 1 aliphatic rings. The molecule has 1 aliphatic carbocycles. The van der Waals surface area contributed by atoms with E-state index in [0.717, 1.165) is 53.8 Å². The van der Waals surface area contributed by atoms with Gasteiger partial charge in [0.1, 0.15) is 0 Å². The maximum absolute atomic E-state index is 11.7. The summed E-state index contributed by atoms with van der Waals surface area (Å²) in [4.78, 5) is 16.6. The third kappa shape index (κ3) is 7.54. The zero-order valence-corrected chi connectivity index (χ0v) is 20.1. The molecule has 4 nitrogen and oxygen atoms in total. The van der Waals surface area contributed by atoms with Crippen LogP contribution in [0.15, 0.2) is 77.8 Å². The topological polar surface area (TPSA) is 64.7 Å². The van der Waals surface area contributed by atoms with Crippen molar-refractivity contribution in [2.45, 2.75) is 58.9 Å². The van der Waals surface area contributed by atoms with Gasteiger partial charge in [0.2, 0.25) is 0 Å². The smallest absolute Gasteiger partial charge is 0.307 e. The highest BCUT2D eigenvalue weighted by Crippen LogP contribution is 2.37. The number of nitrogens with zero attached hydrogens (tertiary/aromatic N) is 1. The van der Waals surface area contributed by atoms with Gasteiger partial charge >= 0.3 is 5.97 Å². The van der Waals surface area contributed by atoms with Crippen molar-refractivity contribution in [3.8, 4) is 0 Å². The van der Waals surface area contributed by atoms with Gasteiger partial charge < -0.3 is 10.5 Å². The number of hydrogen-bond acceptors (Lipinski definition) is 4. The molecule has 0 fully saturated rings. The second-order valence-electron chi connectivity index (χ2n) is 9.62. The number of hydrogen-bond donors (Lipinski definition) is 1. The summed E-state index contributed by atoms with van der Waals surface area (Å²) >= 11 is 0. The van der Waals surface area contributed by atoms with E-state index < -0.39 is 0 Å². The maximum atomic E-state index is 11.7. The van der Waals surface area contributed by atoms with Crippen LogP contribution in [0, 0.1) is 5.41 Å². The first-order valence-corrected chi connectivity index (χ1v) is 11.8. The Kier molecular flexibility index (Phi) is 8.40. The zero-order chi connectivity index (χ0) is 23.8. The quantitative estimate of drug-likeness (QED) is 0.442. The molecule has 1 atom stereocenters. The number of rotatable bonds is 9. The molecule has 174 valence electrons. The van der Waals surface area contributed by atoms with Gasteiger partial charge in [-0.25, -0.2) is 0 Å². The Morgan fingerprint density at radius 1 is 1.09 bits per heavy atom. The largest absolute Gasteiger partial charge is 0.466 e. The van der Waals surface area contributed by atoms with Gasteiger partial charge in [0.25, 0.3) is 0 Å². The average molecular weight is 445 g/mol. The lowest BCUT2D eigenvalue weighted by atomic mass is 9.75. The monoisotopic (exact) mass is 444 g/mol. The summed E-state index contributed by atoms with van der Waals surface area (Å²) in [6.07, 6.45) is 6.09. The lowest BCUT2D eigenvalue weighted by molar-refractivity contribution is -0.143. The minimum Gasteiger partial charge on any atom is -0.466 e. The van der Waals surface area contributed by atoms with Gasteiger partial charge in [-0.1, -0.05) is 68.5 Å². The van der Waals surface area contributed by atoms with Crippen LogP contribution in [0.4, 0.5) is 5.69 Å². The molecule has 0 spiro atoms. The van der Waals surface area contributed by atoms with Crippen LogP contribution in [-0.4, -0.2) is 24.3 Å². The van der Waals surface area contributed by atoms with E-state index in [0.29, 0.717) is 6.61 Å². The van der Waals surface area contributed by atoms with E-state index in [-0.39, 0.29) is 23.8 Å². The molecule has 0 radical (unpaired) electrons. The van der Waals surface area contributed by atoms with Crippen molar-refractivity contribution in [1.82, 2.24) is 0 Å². The number of aliphatic imine (C=N–C) groups is 1. The van der Waals surface area contributed by atoms with Crippen molar-refractivity contribution in [3.05, 3.63) is 84.0 Å². The molecule has 1 unspecified atom stereocenters. The minimum absolute atomic E-state index is 0.149. The van der Waals surface area contributed by atoms with E-state index in [1.807, 2.05) is 25.1 Å². The molecule has 4 heteroatoms. The van der Waals surface area contributed by atoms with E-state index in [9.17, 15) is 4.79 Å². The van der Waals surface area contributed by atoms with E-state index >= 15 is 0 Å². The summed E-state index contributed by atoms with van der Waals surface area (Å²) in [6, 6.07) is 18.3. The third-order valence-corrected chi connectivity index (χ3v) is 5.92. The fourth-order valence-electron chi connectivity index (χ4n) is 4.35. The van der Waals surface area contributed by atoms with Gasteiger partial charge in [0, 0.05) is 11.8 Å². The molecule has 0 saturated carbocycles. The molecular weight excluding hydrogens is 408 g/mol. The summed E-state index contributed by atoms with van der Waals surface area (Å²) in [6.45, 7) is 11.0. The van der Waals surface area contributed by atoms with Crippen LogP contribution in [0.25, 0.3) is 5.57 Å². The van der Waals surface area contributed by atoms with Gasteiger partial charge in [0.15, 0.2) is 0 Å². The van der Waals surface area contributed by atoms with Gasteiger partial charge in [-0.05, 0) is 72.9 Å². The van der Waals surface area contributed by atoms with Crippen molar-refractivity contribution >= 4 is 22.9 Å². The second kappa shape index (κ2) is 11.2. The molecule has 0 amide bonds. The molecule has 2 N–H and O–H groups in total. The second-order valence-corrected chi connectivity index (χ2v) is 9.62. The molecule has 33 heavy (non-hydrogen) atoms. The van der Waals surface area contributed by atoms with Crippen LogP contribution in [0.5, 0.6) is 0 Å². The zero-order valence-electron chi connectivity index (χ0n) is 20.1. The van der Waals surface area contributed by atoms with Crippen molar-refractivity contribution in [2.75, 3.05) is 6.61 Å². The Balaban J connectivity index is 1.68. The summed E-state index contributed by atoms with van der Waals surface area (Å²) in [5.74, 6) is -0.219. The van der Waals surface area contributed by atoms with Crippen LogP contribution in [0.1, 0.15) is 64.0 Å². The molecule has 0 aromatic heterocycles. The highest BCUT2D eigenvalue weighted by Gasteiger charge is 2.26. The van der Waals surface area contributed by atoms with Crippen LogP contribution in [0.3, 0.4) is 0 Å². The summed E-state index contributed by atoms with van der Waals surface area (Å²) in [5, 5.41) is 0. The number of allylic oxidation sites excluding steroid dienone is 2. The Labute approximate surface area is 198 Å². The van der Waals surface area contributed by atoms with E-state index in [2.05, 4.69) is 62.9 Å². The van der Waals surface area contributed by atoms with Crippen molar-refractivity contribution in [2.24, 2.45) is 16.1 Å². The Morgan fingerprint density at radius 3 is 2.42 bits per heavy atom. The minimum atomic E-state index is -0.219. The van der Waals surface area contributed by atoms with Crippen molar-refractivity contribution in [3.63, 3.8) is 0 Å². The molecule has 0 bridgehead atoms. The number of ether oxygens (including phenoxy) is 1. The molecule has 0 saturated heterocycles. The van der Waals surface area contributed by atoms with Crippen LogP contribution in [0.2, 0.25) is 0 Å². The highest BCUT2D eigenvalue weighted by molar-refractivity contribution is 5.98. The number of benzene rings is 2. The number of carbonyl (C=O) groups excluding carboxylic acids is 1. The molecule has 0 heterocycles. The number of carbonyl (C=O) groups is 1. The van der Waals surface area contributed by atoms with Crippen molar-refractivity contribution in [1.29, 1.82) is 0 Å². The first-order valence-electron chi connectivity index (χ1n) is 11.8. The Hall–Kier alpha value is -2.98. The molecule has 2 aromatic carbocycles. The summed E-state index contributed by atoms with van der Waals surface area (Å²) < 4.78 is 5.01. The fourth-order valence-corrected chi connectivity index (χ4v) is 4.35. The van der Waals surface area contributed by atoms with Gasteiger partial charge in [-0.15, -0.1) is 0 Å². The standard InChI is InChI=1S/C29H36N2O2/c1-5-33-28(32)18-25(30)14-11-22-17-27(20-29(3,4)19-22)31-26-15-12-24(13-16-26)21(2)23-9-7-6-8-10-23/h6-10,12-13,15-17,25H,2,5,11,14,18-20,30H2,1,3-4H3. The first kappa shape index (κ1) is 24.7. The molecule has 2 aromatic rings. The lowest BCUT2D eigenvalue weighted by Gasteiger charge is -2.31. The SMILES string of the molecule is C=C(c1ccccc1)c1ccc(N=C2C=C(CCC(N)CC(=O)OCC)CC(C)(C)C2)cc1. The number of esters is 1. The van der Waals surface area contributed by atoms with Crippen LogP contribution < -0.4 is 5.73 Å². The van der Waals surface area contributed by atoms with Gasteiger partial charge in [0.05, 0.1) is 18.7 Å². The normalized spacial score (nSPS) is 17.3. The van der Waals surface area contributed by atoms with Gasteiger partial charge in [-0.2, -0.15) is 0 Å². The molecule has 0 aliphatic heterocycles. The predicted octanol–water partition coefficient (Wildman–Crippen LogP) is 6.63. The molecular formula is C29H36N2O2. The fraction of sp³-hybridized carbons (Fsp3) is 0.379. The molecule has 3 rings (SSSR count). The Morgan fingerprint density at radius 2 is 1.76 bits per heavy atom. The number of nitrogens with two attached hydrogens (primary N) is 1. The first-order chi connectivity index (χ1) is 15.8. The van der Waals surface area contributed by atoms with Crippen LogP contribution >= 0.6 is 0 Å². The predicted molar refractivity (Wildman–Crippen MR) is 138 cm³/mol.